The molecule has 0 aromatic heterocycles. The van der Waals surface area contributed by atoms with Crippen molar-refractivity contribution in [2.75, 3.05) is 53.6 Å². The van der Waals surface area contributed by atoms with Crippen molar-refractivity contribution in [3.05, 3.63) is 29.8 Å². The topological polar surface area (TPSA) is 58.1 Å². The summed E-state index contributed by atoms with van der Waals surface area (Å²) < 4.78 is 10.7. The van der Waals surface area contributed by atoms with Crippen LogP contribution < -0.4 is 15.4 Å². The van der Waals surface area contributed by atoms with Crippen molar-refractivity contribution in [2.45, 2.75) is 38.6 Å². The van der Waals surface area contributed by atoms with E-state index in [0.717, 1.165) is 57.5 Å². The Hall–Kier alpha value is -1.06. The van der Waals surface area contributed by atoms with Crippen molar-refractivity contribution < 1.29 is 9.47 Å². The lowest BCUT2D eigenvalue weighted by Crippen LogP contribution is -2.44. The molecule has 1 unspecified atom stereocenters. The van der Waals surface area contributed by atoms with E-state index in [-0.39, 0.29) is 24.0 Å². The van der Waals surface area contributed by atoms with Gasteiger partial charge in [0.1, 0.15) is 5.75 Å². The minimum atomic E-state index is 0. The lowest BCUT2D eigenvalue weighted by molar-refractivity contribution is 0.145. The molecule has 1 atom stereocenters. The third kappa shape index (κ3) is 8.53. The molecule has 1 aliphatic heterocycles. The summed E-state index contributed by atoms with van der Waals surface area (Å²) in [5.41, 5.74) is 1.32. The minimum Gasteiger partial charge on any atom is -0.497 e. The summed E-state index contributed by atoms with van der Waals surface area (Å²) in [7, 11) is 3.53. The van der Waals surface area contributed by atoms with Gasteiger partial charge in [0.2, 0.25) is 0 Å². The molecule has 1 saturated heterocycles. The van der Waals surface area contributed by atoms with Crippen LogP contribution in [0.4, 0.5) is 0 Å². The van der Waals surface area contributed by atoms with E-state index in [4.69, 9.17) is 9.47 Å². The highest BCUT2D eigenvalue weighted by molar-refractivity contribution is 14.0. The second-order valence-corrected chi connectivity index (χ2v) is 6.82. The van der Waals surface area contributed by atoms with Crippen molar-refractivity contribution in [1.29, 1.82) is 0 Å². The number of hydrogen-bond acceptors (Lipinski definition) is 4. The van der Waals surface area contributed by atoms with Crippen molar-refractivity contribution in [2.24, 2.45) is 4.99 Å². The lowest BCUT2D eigenvalue weighted by atomic mass is 10.0. The highest BCUT2D eigenvalue weighted by atomic mass is 127. The summed E-state index contributed by atoms with van der Waals surface area (Å²) in [4.78, 5) is 6.94. The molecular formula is C21H37IN4O2. The Morgan fingerprint density at radius 1 is 1.14 bits per heavy atom. The number of guanidine groups is 1. The van der Waals surface area contributed by atoms with Crippen molar-refractivity contribution in [3.8, 4) is 5.75 Å². The average Bonchev–Trinajstić information content (AvgIpc) is 2.73. The Morgan fingerprint density at radius 3 is 2.46 bits per heavy atom. The zero-order valence-corrected chi connectivity index (χ0v) is 19.9. The molecule has 0 radical (unpaired) electrons. The molecule has 2 rings (SSSR count). The van der Waals surface area contributed by atoms with Gasteiger partial charge in [0.15, 0.2) is 5.96 Å². The van der Waals surface area contributed by atoms with Gasteiger partial charge in [-0.1, -0.05) is 18.6 Å². The smallest absolute Gasteiger partial charge is 0.191 e. The molecule has 0 amide bonds. The average molecular weight is 504 g/mol. The fraction of sp³-hybridized carbons (Fsp3) is 0.667. The quantitative estimate of drug-likeness (QED) is 0.221. The summed E-state index contributed by atoms with van der Waals surface area (Å²) in [5, 5.41) is 6.89. The lowest BCUT2D eigenvalue weighted by Gasteiger charge is -2.35. The fourth-order valence-corrected chi connectivity index (χ4v) is 3.45. The molecule has 7 heteroatoms. The van der Waals surface area contributed by atoms with Gasteiger partial charge in [-0.3, -0.25) is 9.89 Å². The van der Waals surface area contributed by atoms with E-state index < -0.39 is 0 Å². The predicted octanol–water partition coefficient (Wildman–Crippen LogP) is 3.43. The van der Waals surface area contributed by atoms with E-state index in [1.807, 2.05) is 26.1 Å². The Morgan fingerprint density at radius 2 is 1.86 bits per heavy atom. The van der Waals surface area contributed by atoms with Gasteiger partial charge in [0.25, 0.3) is 0 Å². The monoisotopic (exact) mass is 504 g/mol. The SMILES string of the molecule is CCOCCCNC(=NC)NCC(c1ccc(OC)cc1)N1CCCCC1.I. The molecule has 0 spiro atoms. The summed E-state index contributed by atoms with van der Waals surface area (Å²) in [6.45, 7) is 7.56. The molecule has 160 valence electrons. The van der Waals surface area contributed by atoms with Crippen LogP contribution in [-0.2, 0) is 4.74 Å². The Kier molecular flexibility index (Phi) is 13.3. The fourth-order valence-electron chi connectivity index (χ4n) is 3.45. The van der Waals surface area contributed by atoms with E-state index in [0.29, 0.717) is 6.04 Å². The normalized spacial score (nSPS) is 16.2. The van der Waals surface area contributed by atoms with Gasteiger partial charge in [0, 0.05) is 33.4 Å². The number of aliphatic imine (C=N–C) groups is 1. The van der Waals surface area contributed by atoms with Gasteiger partial charge in [-0.2, -0.15) is 0 Å². The highest BCUT2D eigenvalue weighted by Crippen LogP contribution is 2.25. The number of likely N-dealkylation sites (tertiary alicyclic amines) is 1. The largest absolute Gasteiger partial charge is 0.497 e. The highest BCUT2D eigenvalue weighted by Gasteiger charge is 2.22. The van der Waals surface area contributed by atoms with Crippen LogP contribution in [0.1, 0.15) is 44.2 Å². The zero-order valence-electron chi connectivity index (χ0n) is 17.6. The predicted molar refractivity (Wildman–Crippen MR) is 127 cm³/mol. The molecule has 1 fully saturated rings. The summed E-state index contributed by atoms with van der Waals surface area (Å²) in [6, 6.07) is 8.79. The van der Waals surface area contributed by atoms with Gasteiger partial charge in [-0.05, 0) is 57.0 Å². The standard InChI is InChI=1S/C21H36N4O2.HI/c1-4-27-16-8-13-23-21(22-2)24-17-20(25-14-6-5-7-15-25)18-9-11-19(26-3)12-10-18;/h9-12,20H,4-8,13-17H2,1-3H3,(H2,22,23,24);1H. The molecular weight excluding hydrogens is 467 g/mol. The number of hydrogen-bond donors (Lipinski definition) is 2. The zero-order chi connectivity index (χ0) is 19.3. The van der Waals surface area contributed by atoms with E-state index >= 15 is 0 Å². The minimum absolute atomic E-state index is 0. The number of rotatable bonds is 10. The van der Waals surface area contributed by atoms with Crippen LogP contribution in [0.15, 0.2) is 29.3 Å². The van der Waals surface area contributed by atoms with Gasteiger partial charge >= 0.3 is 0 Å². The Labute approximate surface area is 187 Å². The maximum absolute atomic E-state index is 5.39. The second-order valence-electron chi connectivity index (χ2n) is 6.82. The molecule has 1 aliphatic rings. The molecule has 0 bridgehead atoms. The number of methoxy groups -OCH3 is 1. The maximum Gasteiger partial charge on any atom is 0.191 e. The third-order valence-electron chi connectivity index (χ3n) is 4.98. The molecule has 6 nitrogen and oxygen atoms in total. The number of nitrogens with zero attached hydrogens (tertiary/aromatic N) is 2. The molecule has 0 aliphatic carbocycles. The molecule has 1 heterocycles. The van der Waals surface area contributed by atoms with Gasteiger partial charge < -0.3 is 20.1 Å². The van der Waals surface area contributed by atoms with Gasteiger partial charge in [-0.25, -0.2) is 0 Å². The molecule has 1 aromatic carbocycles. The third-order valence-corrected chi connectivity index (χ3v) is 4.98. The summed E-state index contributed by atoms with van der Waals surface area (Å²) in [6.07, 6.45) is 4.86. The van der Waals surface area contributed by atoms with Crippen LogP contribution in [0.25, 0.3) is 0 Å². The molecule has 2 N–H and O–H groups in total. The van der Waals surface area contributed by atoms with E-state index in [1.54, 1.807) is 7.11 Å². The van der Waals surface area contributed by atoms with Crippen LogP contribution in [0, 0.1) is 0 Å². The number of ether oxygens (including phenoxy) is 2. The second kappa shape index (κ2) is 14.9. The number of nitrogens with one attached hydrogen (secondary N) is 2. The van der Waals surface area contributed by atoms with Crippen LogP contribution >= 0.6 is 24.0 Å². The first kappa shape index (κ1) is 25.0. The van der Waals surface area contributed by atoms with E-state index in [1.165, 1.54) is 24.8 Å². The van der Waals surface area contributed by atoms with E-state index in [2.05, 4.69) is 32.7 Å². The first-order valence-corrected chi connectivity index (χ1v) is 10.2. The number of piperidine rings is 1. The number of halogens is 1. The summed E-state index contributed by atoms with van der Waals surface area (Å²) >= 11 is 0. The van der Waals surface area contributed by atoms with Crippen molar-refractivity contribution in [1.82, 2.24) is 15.5 Å². The molecule has 1 aromatic rings. The van der Waals surface area contributed by atoms with Crippen molar-refractivity contribution in [3.63, 3.8) is 0 Å². The van der Waals surface area contributed by atoms with Crippen LogP contribution in [-0.4, -0.2) is 64.4 Å². The maximum atomic E-state index is 5.39. The first-order valence-electron chi connectivity index (χ1n) is 10.2. The number of benzene rings is 1. The van der Waals surface area contributed by atoms with Crippen LogP contribution in [0.5, 0.6) is 5.75 Å². The Balaban J connectivity index is 0.00000392. The Bertz CT molecular complexity index is 548. The van der Waals surface area contributed by atoms with Crippen LogP contribution in [0.2, 0.25) is 0 Å². The molecule has 0 saturated carbocycles. The van der Waals surface area contributed by atoms with Gasteiger partial charge in [-0.15, -0.1) is 24.0 Å². The van der Waals surface area contributed by atoms with Crippen molar-refractivity contribution >= 4 is 29.9 Å². The van der Waals surface area contributed by atoms with E-state index in [9.17, 15) is 0 Å². The summed E-state index contributed by atoms with van der Waals surface area (Å²) in [5.74, 6) is 1.75. The van der Waals surface area contributed by atoms with Gasteiger partial charge in [0.05, 0.1) is 13.2 Å². The first-order chi connectivity index (χ1) is 13.3. The van der Waals surface area contributed by atoms with Crippen LogP contribution in [0.3, 0.4) is 0 Å². The molecule has 28 heavy (non-hydrogen) atoms.